The van der Waals surface area contributed by atoms with Gasteiger partial charge in [-0.05, 0) is 42.9 Å². The molecule has 3 rings (SSSR count). The van der Waals surface area contributed by atoms with E-state index in [0.717, 1.165) is 40.0 Å². The standard InChI is InChI=1S/C23H28O2/c1-13-8-14(2)10-16(9-13)20-17-11-15(3)21(24)18(17)12-19(22(20)25-7)23(4,5)6/h8-10,12,15H,11H2,1-7H3/t15-/m0/s1. The lowest BCUT2D eigenvalue weighted by atomic mass is 9.81. The van der Waals surface area contributed by atoms with Crippen molar-refractivity contribution >= 4 is 5.78 Å². The van der Waals surface area contributed by atoms with Crippen LogP contribution in [0.4, 0.5) is 0 Å². The number of Topliss-reactive ketones (excluding diaryl/α,β-unsaturated/α-hetero) is 1. The number of carbonyl (C=O) groups excluding carboxylic acids is 1. The van der Waals surface area contributed by atoms with Gasteiger partial charge in [0.05, 0.1) is 7.11 Å². The van der Waals surface area contributed by atoms with Gasteiger partial charge in [-0.15, -0.1) is 0 Å². The minimum Gasteiger partial charge on any atom is -0.496 e. The van der Waals surface area contributed by atoms with Gasteiger partial charge in [-0.25, -0.2) is 0 Å². The fraction of sp³-hybridized carbons (Fsp3) is 0.435. The number of ketones is 1. The summed E-state index contributed by atoms with van der Waals surface area (Å²) in [5.41, 5.74) is 7.74. The normalized spacial score (nSPS) is 16.9. The molecule has 0 fully saturated rings. The Morgan fingerprint density at radius 1 is 1.04 bits per heavy atom. The van der Waals surface area contributed by atoms with Crippen LogP contribution in [0.25, 0.3) is 11.1 Å². The lowest BCUT2D eigenvalue weighted by Gasteiger charge is -2.26. The summed E-state index contributed by atoms with van der Waals surface area (Å²) >= 11 is 0. The monoisotopic (exact) mass is 336 g/mol. The molecule has 0 aliphatic heterocycles. The van der Waals surface area contributed by atoms with Crippen LogP contribution >= 0.6 is 0 Å². The van der Waals surface area contributed by atoms with E-state index in [0.29, 0.717) is 0 Å². The van der Waals surface area contributed by atoms with E-state index in [4.69, 9.17) is 4.74 Å². The highest BCUT2D eigenvalue weighted by Crippen LogP contribution is 2.46. The number of rotatable bonds is 2. The van der Waals surface area contributed by atoms with Crippen LogP contribution in [-0.4, -0.2) is 12.9 Å². The van der Waals surface area contributed by atoms with Gasteiger partial charge in [0.15, 0.2) is 5.78 Å². The zero-order chi connectivity index (χ0) is 18.5. The summed E-state index contributed by atoms with van der Waals surface area (Å²) in [5.74, 6) is 1.21. The maximum Gasteiger partial charge on any atom is 0.166 e. The summed E-state index contributed by atoms with van der Waals surface area (Å²) in [4.78, 5) is 12.8. The summed E-state index contributed by atoms with van der Waals surface area (Å²) in [6, 6.07) is 8.65. The summed E-state index contributed by atoms with van der Waals surface area (Å²) in [6.45, 7) is 12.8. The Bertz CT molecular complexity index is 833. The van der Waals surface area contributed by atoms with Gasteiger partial charge < -0.3 is 4.74 Å². The van der Waals surface area contributed by atoms with Crippen LogP contribution in [0.15, 0.2) is 24.3 Å². The molecule has 0 amide bonds. The van der Waals surface area contributed by atoms with Gasteiger partial charge in [0.1, 0.15) is 5.75 Å². The second-order valence-corrected chi connectivity index (χ2v) is 8.45. The van der Waals surface area contributed by atoms with Gasteiger partial charge >= 0.3 is 0 Å². The number of carbonyl (C=O) groups is 1. The Kier molecular flexibility index (Phi) is 4.26. The molecule has 1 aliphatic carbocycles. The van der Waals surface area contributed by atoms with Crippen LogP contribution in [0.1, 0.15) is 60.3 Å². The predicted molar refractivity (Wildman–Crippen MR) is 104 cm³/mol. The topological polar surface area (TPSA) is 26.3 Å². The highest BCUT2D eigenvalue weighted by atomic mass is 16.5. The lowest BCUT2D eigenvalue weighted by Crippen LogP contribution is -2.15. The smallest absolute Gasteiger partial charge is 0.166 e. The summed E-state index contributed by atoms with van der Waals surface area (Å²) in [6.07, 6.45) is 0.789. The van der Waals surface area contributed by atoms with Crippen LogP contribution in [0.5, 0.6) is 5.75 Å². The minimum absolute atomic E-state index is 0.0413. The molecule has 0 radical (unpaired) electrons. The van der Waals surface area contributed by atoms with Gasteiger partial charge in [0.25, 0.3) is 0 Å². The molecule has 0 spiro atoms. The van der Waals surface area contributed by atoms with Crippen molar-refractivity contribution in [2.24, 2.45) is 5.92 Å². The van der Waals surface area contributed by atoms with Crippen molar-refractivity contribution in [1.29, 1.82) is 0 Å². The van der Waals surface area contributed by atoms with E-state index in [9.17, 15) is 4.79 Å². The van der Waals surface area contributed by atoms with Crippen LogP contribution in [-0.2, 0) is 11.8 Å². The molecule has 0 aromatic heterocycles. The molecule has 1 atom stereocenters. The van der Waals surface area contributed by atoms with E-state index in [1.807, 2.05) is 6.92 Å². The maximum absolute atomic E-state index is 12.8. The molecule has 0 unspecified atom stereocenters. The summed E-state index contributed by atoms with van der Waals surface area (Å²) in [5, 5.41) is 0. The second kappa shape index (κ2) is 6.01. The molecule has 0 saturated heterocycles. The van der Waals surface area contributed by atoms with Gasteiger partial charge in [-0.2, -0.15) is 0 Å². The third kappa shape index (κ3) is 2.99. The number of fused-ring (bicyclic) bond motifs is 1. The number of ether oxygens (including phenoxy) is 1. The van der Waals surface area contributed by atoms with E-state index in [2.05, 4.69) is 58.9 Å². The molecule has 2 aromatic rings. The van der Waals surface area contributed by atoms with E-state index in [1.54, 1.807) is 7.11 Å². The van der Waals surface area contributed by atoms with Crippen molar-refractivity contribution in [3.63, 3.8) is 0 Å². The summed E-state index contributed by atoms with van der Waals surface area (Å²) in [7, 11) is 1.74. The number of hydrogen-bond acceptors (Lipinski definition) is 2. The maximum atomic E-state index is 12.8. The third-order valence-electron chi connectivity index (χ3n) is 5.13. The number of hydrogen-bond donors (Lipinski definition) is 0. The Morgan fingerprint density at radius 3 is 2.16 bits per heavy atom. The van der Waals surface area contributed by atoms with E-state index in [1.165, 1.54) is 11.1 Å². The lowest BCUT2D eigenvalue weighted by molar-refractivity contribution is 0.0946. The van der Waals surface area contributed by atoms with Crippen molar-refractivity contribution < 1.29 is 9.53 Å². The van der Waals surface area contributed by atoms with Crippen LogP contribution in [0, 0.1) is 19.8 Å². The summed E-state index contributed by atoms with van der Waals surface area (Å²) < 4.78 is 5.92. The van der Waals surface area contributed by atoms with E-state index in [-0.39, 0.29) is 17.1 Å². The predicted octanol–water partition coefficient (Wildman–Crippen LogP) is 5.65. The highest BCUT2D eigenvalue weighted by Gasteiger charge is 2.34. The second-order valence-electron chi connectivity index (χ2n) is 8.45. The van der Waals surface area contributed by atoms with Crippen LogP contribution in [0.3, 0.4) is 0 Å². The average molecular weight is 336 g/mol. The Balaban J connectivity index is 2.42. The third-order valence-corrected chi connectivity index (χ3v) is 5.13. The van der Waals surface area contributed by atoms with Crippen molar-refractivity contribution in [3.05, 3.63) is 52.1 Å². The molecule has 0 heterocycles. The van der Waals surface area contributed by atoms with Crippen molar-refractivity contribution in [2.75, 3.05) is 7.11 Å². The van der Waals surface area contributed by atoms with Gasteiger partial charge in [0, 0.05) is 22.6 Å². The van der Waals surface area contributed by atoms with Gasteiger partial charge in [0.2, 0.25) is 0 Å². The fourth-order valence-electron chi connectivity index (χ4n) is 3.99. The molecule has 1 aliphatic rings. The molecule has 0 saturated carbocycles. The molecule has 132 valence electrons. The largest absolute Gasteiger partial charge is 0.496 e. The fourth-order valence-corrected chi connectivity index (χ4v) is 3.99. The SMILES string of the molecule is COc1c(C(C)(C)C)cc2c(c1-c1cc(C)cc(C)c1)C[C@H](C)C2=O. The van der Waals surface area contributed by atoms with Gasteiger partial charge in [-0.1, -0.05) is 57.0 Å². The first-order valence-electron chi connectivity index (χ1n) is 9.00. The van der Waals surface area contributed by atoms with Crippen molar-refractivity contribution in [3.8, 4) is 16.9 Å². The zero-order valence-corrected chi connectivity index (χ0v) is 16.4. The first kappa shape index (κ1) is 17.7. The first-order chi connectivity index (χ1) is 11.6. The number of benzene rings is 2. The first-order valence-corrected chi connectivity index (χ1v) is 9.00. The average Bonchev–Trinajstić information content (AvgIpc) is 2.78. The minimum atomic E-state index is -0.0971. The van der Waals surface area contributed by atoms with Crippen LogP contribution < -0.4 is 4.74 Å². The van der Waals surface area contributed by atoms with Crippen molar-refractivity contribution in [1.82, 2.24) is 0 Å². The Morgan fingerprint density at radius 2 is 1.64 bits per heavy atom. The quantitative estimate of drug-likeness (QED) is 0.708. The zero-order valence-electron chi connectivity index (χ0n) is 16.4. The molecular formula is C23H28O2. The van der Waals surface area contributed by atoms with E-state index < -0.39 is 0 Å². The molecule has 2 heteroatoms. The van der Waals surface area contributed by atoms with Gasteiger partial charge in [-0.3, -0.25) is 4.79 Å². The van der Waals surface area contributed by atoms with Crippen molar-refractivity contribution in [2.45, 2.75) is 53.4 Å². The Labute approximate surface area is 151 Å². The van der Waals surface area contributed by atoms with E-state index >= 15 is 0 Å². The van der Waals surface area contributed by atoms with Crippen LogP contribution in [0.2, 0.25) is 0 Å². The highest BCUT2D eigenvalue weighted by molar-refractivity contribution is 6.05. The molecular weight excluding hydrogens is 308 g/mol. The molecule has 0 N–H and O–H groups in total. The Hall–Kier alpha value is -2.09. The molecule has 25 heavy (non-hydrogen) atoms. The molecule has 2 nitrogen and oxygen atoms in total. The molecule has 0 bridgehead atoms. The number of methoxy groups -OCH3 is 1. The molecule has 2 aromatic carbocycles. The number of aryl methyl sites for hydroxylation is 2.